The summed E-state index contributed by atoms with van der Waals surface area (Å²) in [5.74, 6) is 1.37. The molecule has 0 saturated carbocycles. The van der Waals surface area contributed by atoms with E-state index >= 15 is 0 Å². The van der Waals surface area contributed by atoms with Crippen molar-refractivity contribution >= 4 is 29.4 Å². The summed E-state index contributed by atoms with van der Waals surface area (Å²) in [5, 5.41) is 12.1. The van der Waals surface area contributed by atoms with Crippen LogP contribution in [0.2, 0.25) is 0 Å². The first-order valence-electron chi connectivity index (χ1n) is 8.13. The molecular weight excluding hydrogens is 322 g/mol. The van der Waals surface area contributed by atoms with Crippen molar-refractivity contribution in [2.75, 3.05) is 42.7 Å². The van der Waals surface area contributed by atoms with Gasteiger partial charge in [-0.2, -0.15) is 17.0 Å². The maximum absolute atomic E-state index is 12.1. The minimum Gasteiger partial charge on any atom is -0.378 e. The Bertz CT molecular complexity index is 639. The first-order chi connectivity index (χ1) is 11.7. The molecule has 126 valence electrons. The Morgan fingerprint density at radius 2 is 2.08 bits per heavy atom. The van der Waals surface area contributed by atoms with Crippen LogP contribution in [-0.2, 0) is 9.53 Å². The molecule has 0 bridgehead atoms. The first-order valence-corrected chi connectivity index (χ1v) is 9.28. The van der Waals surface area contributed by atoms with Gasteiger partial charge in [0.2, 0.25) is 5.91 Å². The molecule has 2 heterocycles. The highest BCUT2D eigenvalue weighted by molar-refractivity contribution is 7.99. The number of amides is 1. The Hall–Kier alpha value is -1.97. The zero-order chi connectivity index (χ0) is 16.8. The van der Waals surface area contributed by atoms with Crippen molar-refractivity contribution in [1.82, 2.24) is 5.32 Å². The molecule has 24 heavy (non-hydrogen) atoms. The van der Waals surface area contributed by atoms with Crippen LogP contribution in [0.15, 0.2) is 30.3 Å². The zero-order valence-corrected chi connectivity index (χ0v) is 14.3. The standard InChI is InChI=1S/C18H21N3O2S/c19-13-18(7-12-24-14-18)20-17(22)6-3-15-1-4-16(5-2-15)21-8-10-23-11-9-21/h1-6H,7-12,14H2,(H,20,22). The van der Waals surface area contributed by atoms with E-state index in [0.717, 1.165) is 37.6 Å². The molecule has 1 aromatic carbocycles. The van der Waals surface area contributed by atoms with E-state index in [1.165, 1.54) is 11.8 Å². The van der Waals surface area contributed by atoms with Gasteiger partial charge >= 0.3 is 0 Å². The number of morpholine rings is 1. The monoisotopic (exact) mass is 343 g/mol. The highest BCUT2D eigenvalue weighted by Gasteiger charge is 2.35. The summed E-state index contributed by atoms with van der Waals surface area (Å²) in [6.45, 7) is 3.35. The normalized spacial score (nSPS) is 24.0. The summed E-state index contributed by atoms with van der Waals surface area (Å²) in [6.07, 6.45) is 4.00. The van der Waals surface area contributed by atoms with E-state index in [1.807, 2.05) is 12.1 Å². The molecule has 0 aromatic heterocycles. The van der Waals surface area contributed by atoms with Crippen LogP contribution in [0, 0.1) is 11.3 Å². The Balaban J connectivity index is 1.58. The highest BCUT2D eigenvalue weighted by atomic mass is 32.2. The lowest BCUT2D eigenvalue weighted by atomic mass is 10.0. The van der Waals surface area contributed by atoms with Crippen molar-refractivity contribution in [2.24, 2.45) is 0 Å². The molecule has 2 fully saturated rings. The molecule has 5 nitrogen and oxygen atoms in total. The summed E-state index contributed by atoms with van der Waals surface area (Å²) in [4.78, 5) is 14.4. The fourth-order valence-electron chi connectivity index (χ4n) is 2.85. The summed E-state index contributed by atoms with van der Waals surface area (Å²) < 4.78 is 5.36. The average Bonchev–Trinajstić information content (AvgIpc) is 3.10. The predicted octanol–water partition coefficient (Wildman–Crippen LogP) is 2.05. The van der Waals surface area contributed by atoms with Crippen LogP contribution in [0.3, 0.4) is 0 Å². The molecule has 1 N–H and O–H groups in total. The van der Waals surface area contributed by atoms with Gasteiger partial charge in [0, 0.05) is 30.6 Å². The smallest absolute Gasteiger partial charge is 0.245 e. The van der Waals surface area contributed by atoms with Gasteiger partial charge in [-0.25, -0.2) is 0 Å². The molecule has 1 amide bonds. The number of hydrogen-bond donors (Lipinski definition) is 1. The molecule has 2 saturated heterocycles. The summed E-state index contributed by atoms with van der Waals surface area (Å²) in [5.41, 5.74) is 1.44. The number of carbonyl (C=O) groups is 1. The number of nitriles is 1. The van der Waals surface area contributed by atoms with Gasteiger partial charge in [0.05, 0.1) is 19.3 Å². The number of carbonyl (C=O) groups excluding carboxylic acids is 1. The van der Waals surface area contributed by atoms with E-state index in [-0.39, 0.29) is 5.91 Å². The summed E-state index contributed by atoms with van der Waals surface area (Å²) in [7, 11) is 0. The number of benzene rings is 1. The highest BCUT2D eigenvalue weighted by Crippen LogP contribution is 2.27. The second-order valence-electron chi connectivity index (χ2n) is 6.01. The molecule has 0 aliphatic carbocycles. The van der Waals surface area contributed by atoms with Crippen LogP contribution in [0.4, 0.5) is 5.69 Å². The van der Waals surface area contributed by atoms with Crippen LogP contribution in [0.25, 0.3) is 6.08 Å². The van der Waals surface area contributed by atoms with Crippen LogP contribution in [0.5, 0.6) is 0 Å². The van der Waals surface area contributed by atoms with Crippen molar-refractivity contribution in [3.05, 3.63) is 35.9 Å². The van der Waals surface area contributed by atoms with E-state index < -0.39 is 5.54 Å². The molecule has 2 aliphatic heterocycles. The molecule has 1 aromatic rings. The largest absolute Gasteiger partial charge is 0.378 e. The van der Waals surface area contributed by atoms with Gasteiger partial charge in [0.25, 0.3) is 0 Å². The lowest BCUT2D eigenvalue weighted by molar-refractivity contribution is -0.117. The molecule has 0 radical (unpaired) electrons. The third kappa shape index (κ3) is 4.11. The van der Waals surface area contributed by atoms with Crippen molar-refractivity contribution in [3.8, 4) is 6.07 Å². The number of nitrogens with zero attached hydrogens (tertiary/aromatic N) is 2. The zero-order valence-electron chi connectivity index (χ0n) is 13.5. The Morgan fingerprint density at radius 1 is 1.33 bits per heavy atom. The maximum atomic E-state index is 12.1. The fraction of sp³-hybridized carbons (Fsp3) is 0.444. The lowest BCUT2D eigenvalue weighted by Crippen LogP contribution is -2.46. The first kappa shape index (κ1) is 16.9. The Labute approximate surface area is 146 Å². The SMILES string of the molecule is N#CC1(NC(=O)C=Cc2ccc(N3CCOCC3)cc2)CCSC1. The van der Waals surface area contributed by atoms with E-state index in [0.29, 0.717) is 12.2 Å². The van der Waals surface area contributed by atoms with E-state index in [9.17, 15) is 10.1 Å². The van der Waals surface area contributed by atoms with Crippen molar-refractivity contribution in [2.45, 2.75) is 12.0 Å². The molecule has 2 aliphatic rings. The number of anilines is 1. The molecule has 0 spiro atoms. The molecule has 6 heteroatoms. The van der Waals surface area contributed by atoms with Gasteiger partial charge in [0.1, 0.15) is 5.54 Å². The average molecular weight is 343 g/mol. The molecule has 3 rings (SSSR count). The number of hydrogen-bond acceptors (Lipinski definition) is 5. The van der Waals surface area contributed by atoms with E-state index in [2.05, 4.69) is 28.4 Å². The number of thioether (sulfide) groups is 1. The van der Waals surface area contributed by atoms with Gasteiger partial charge in [-0.15, -0.1) is 0 Å². The summed E-state index contributed by atoms with van der Waals surface area (Å²) in [6, 6.07) is 10.4. The minimum absolute atomic E-state index is 0.212. The van der Waals surface area contributed by atoms with Gasteiger partial charge < -0.3 is 15.0 Å². The van der Waals surface area contributed by atoms with Crippen LogP contribution >= 0.6 is 11.8 Å². The van der Waals surface area contributed by atoms with Crippen LogP contribution < -0.4 is 10.2 Å². The summed E-state index contributed by atoms with van der Waals surface area (Å²) >= 11 is 1.70. The van der Waals surface area contributed by atoms with Crippen molar-refractivity contribution in [3.63, 3.8) is 0 Å². The molecular formula is C18H21N3O2S. The molecule has 1 atom stereocenters. The third-order valence-corrected chi connectivity index (χ3v) is 5.48. The lowest BCUT2D eigenvalue weighted by Gasteiger charge is -2.28. The number of rotatable bonds is 4. The second kappa shape index (κ2) is 7.73. The molecule has 1 unspecified atom stereocenters. The van der Waals surface area contributed by atoms with Crippen LogP contribution in [-0.4, -0.2) is 49.3 Å². The Kier molecular flexibility index (Phi) is 5.44. The maximum Gasteiger partial charge on any atom is 0.245 e. The van der Waals surface area contributed by atoms with Crippen LogP contribution in [0.1, 0.15) is 12.0 Å². The number of ether oxygens (including phenoxy) is 1. The Morgan fingerprint density at radius 3 is 2.71 bits per heavy atom. The van der Waals surface area contributed by atoms with E-state index in [1.54, 1.807) is 17.8 Å². The second-order valence-corrected chi connectivity index (χ2v) is 7.12. The van der Waals surface area contributed by atoms with E-state index in [4.69, 9.17) is 4.74 Å². The third-order valence-electron chi connectivity index (χ3n) is 4.29. The van der Waals surface area contributed by atoms with Crippen molar-refractivity contribution < 1.29 is 9.53 Å². The number of nitrogens with one attached hydrogen (secondary N) is 1. The minimum atomic E-state index is -0.702. The van der Waals surface area contributed by atoms with Crippen molar-refractivity contribution in [1.29, 1.82) is 5.26 Å². The fourth-order valence-corrected chi connectivity index (χ4v) is 4.11. The van der Waals surface area contributed by atoms with Gasteiger partial charge in [0.15, 0.2) is 0 Å². The quantitative estimate of drug-likeness (QED) is 0.848. The van der Waals surface area contributed by atoms with Gasteiger partial charge in [-0.3, -0.25) is 4.79 Å². The van der Waals surface area contributed by atoms with Gasteiger partial charge in [-0.1, -0.05) is 12.1 Å². The topological polar surface area (TPSA) is 65.4 Å². The predicted molar refractivity (Wildman–Crippen MR) is 96.9 cm³/mol. The van der Waals surface area contributed by atoms with Gasteiger partial charge in [-0.05, 0) is 35.9 Å².